The quantitative estimate of drug-likeness (QED) is 0.420. The van der Waals surface area contributed by atoms with Gasteiger partial charge in [-0.3, -0.25) is 0 Å². The second-order valence-electron chi connectivity index (χ2n) is 10.3. The van der Waals surface area contributed by atoms with Gasteiger partial charge >= 0.3 is 0 Å². The Morgan fingerprint density at radius 1 is 1.13 bits per heavy atom. The fourth-order valence-corrected chi connectivity index (χ4v) is 8.54. The van der Waals surface area contributed by atoms with E-state index in [1.807, 2.05) is 6.08 Å². The summed E-state index contributed by atoms with van der Waals surface area (Å²) in [7, 11) is 2.31. The lowest BCUT2D eigenvalue weighted by Gasteiger charge is -2.38. The van der Waals surface area contributed by atoms with Crippen LogP contribution in [0.25, 0.3) is 6.08 Å². The lowest BCUT2D eigenvalue weighted by molar-refractivity contribution is 0.353. The Labute approximate surface area is 184 Å². The first-order valence-corrected chi connectivity index (χ1v) is 13.9. The third kappa shape index (κ3) is 4.00. The molecule has 0 fully saturated rings. The van der Waals surface area contributed by atoms with E-state index >= 15 is 0 Å². The van der Waals surface area contributed by atoms with Crippen molar-refractivity contribution in [3.8, 4) is 5.75 Å². The minimum Gasteiger partial charge on any atom is -0.489 e. The highest BCUT2D eigenvalue weighted by molar-refractivity contribution is 6.92. The van der Waals surface area contributed by atoms with Crippen LogP contribution in [0.4, 0.5) is 0 Å². The molecule has 1 atom stereocenters. The van der Waals surface area contributed by atoms with Crippen molar-refractivity contribution in [1.82, 2.24) is 4.90 Å². The van der Waals surface area contributed by atoms with Gasteiger partial charge in [-0.15, -0.1) is 0 Å². The fourth-order valence-electron chi connectivity index (χ4n) is 4.72. The van der Waals surface area contributed by atoms with Crippen molar-refractivity contribution < 1.29 is 4.74 Å². The summed E-state index contributed by atoms with van der Waals surface area (Å²) in [6.45, 7) is 18.5. The van der Waals surface area contributed by atoms with Crippen molar-refractivity contribution >= 4 is 19.3 Å². The van der Waals surface area contributed by atoms with E-state index in [9.17, 15) is 0 Å². The first kappa shape index (κ1) is 22.4. The Morgan fingerprint density at radius 3 is 2.40 bits per heavy atom. The number of aryl methyl sites for hydroxylation is 1. The fraction of sp³-hybridized carbons (Fsp3) is 0.407. The van der Waals surface area contributed by atoms with Gasteiger partial charge in [-0.25, -0.2) is 0 Å². The molecular formula is C27H37NOSi. The second-order valence-corrected chi connectivity index (χ2v) is 14.8. The number of allylic oxidation sites excluding steroid dienone is 1. The molecule has 0 N–H and O–H groups in total. The molecule has 0 bridgehead atoms. The van der Waals surface area contributed by atoms with Crippen LogP contribution in [0, 0.1) is 6.92 Å². The van der Waals surface area contributed by atoms with Gasteiger partial charge in [0.05, 0.1) is 8.07 Å². The average molecular weight is 420 g/mol. The van der Waals surface area contributed by atoms with Crippen LogP contribution in [0.2, 0.25) is 13.1 Å². The van der Waals surface area contributed by atoms with Gasteiger partial charge in [0.15, 0.2) is 0 Å². The van der Waals surface area contributed by atoms with Gasteiger partial charge in [-0.2, -0.15) is 0 Å². The van der Waals surface area contributed by atoms with E-state index in [1.54, 1.807) is 0 Å². The topological polar surface area (TPSA) is 12.5 Å². The highest BCUT2D eigenvalue weighted by atomic mass is 28.3. The standard InChI is InChI=1S/C27H37NOSi/c1-10-15-29-25-22(27(3,4)5)16-19(2)17-24(25)30(8,9)26-21-14-12-11-13-20(21)18-23(26)28(6)7/h10-14,16-18,26H,1,15H2,2-9H3. The Hall–Kier alpha value is -2.26. The summed E-state index contributed by atoms with van der Waals surface area (Å²) >= 11 is 0. The van der Waals surface area contributed by atoms with E-state index < -0.39 is 8.07 Å². The van der Waals surface area contributed by atoms with Crippen molar-refractivity contribution in [2.24, 2.45) is 0 Å². The largest absolute Gasteiger partial charge is 0.489 e. The SMILES string of the molecule is C=CCOc1c(C(C)(C)C)cc(C)cc1[Si](C)(C)C1C(N(C)C)=Cc2ccccc21. The molecule has 3 rings (SSSR count). The van der Waals surface area contributed by atoms with Crippen molar-refractivity contribution in [2.75, 3.05) is 20.7 Å². The molecule has 0 aromatic heterocycles. The van der Waals surface area contributed by atoms with Gasteiger partial charge in [0.25, 0.3) is 0 Å². The van der Waals surface area contributed by atoms with Crippen LogP contribution >= 0.6 is 0 Å². The van der Waals surface area contributed by atoms with E-state index in [2.05, 4.69) is 109 Å². The highest BCUT2D eigenvalue weighted by Gasteiger charge is 2.44. The number of hydrogen-bond donors (Lipinski definition) is 0. The zero-order valence-corrected chi connectivity index (χ0v) is 21.0. The molecule has 1 aliphatic rings. The number of fused-ring (bicyclic) bond motifs is 1. The van der Waals surface area contributed by atoms with Gasteiger partial charge < -0.3 is 9.64 Å². The molecule has 0 saturated heterocycles. The maximum Gasteiger partial charge on any atom is 0.122 e. The number of rotatable bonds is 6. The molecule has 3 heteroatoms. The van der Waals surface area contributed by atoms with E-state index in [-0.39, 0.29) is 5.41 Å². The highest BCUT2D eigenvalue weighted by Crippen LogP contribution is 2.44. The van der Waals surface area contributed by atoms with Crippen molar-refractivity contribution in [1.29, 1.82) is 0 Å². The molecule has 0 amide bonds. The molecular weight excluding hydrogens is 382 g/mol. The summed E-state index contributed by atoms with van der Waals surface area (Å²) in [6, 6.07) is 13.6. The normalized spacial score (nSPS) is 16.1. The molecule has 1 unspecified atom stereocenters. The molecule has 30 heavy (non-hydrogen) atoms. The predicted octanol–water partition coefficient (Wildman–Crippen LogP) is 6.01. The predicted molar refractivity (Wildman–Crippen MR) is 134 cm³/mol. The minimum atomic E-state index is -2.03. The average Bonchev–Trinajstić information content (AvgIpc) is 3.06. The summed E-state index contributed by atoms with van der Waals surface area (Å²) in [5.41, 5.74) is 7.21. The molecule has 2 aromatic carbocycles. The molecule has 1 aliphatic carbocycles. The lowest BCUT2D eigenvalue weighted by Crippen LogP contribution is -2.50. The van der Waals surface area contributed by atoms with Gasteiger partial charge in [0.1, 0.15) is 12.4 Å². The van der Waals surface area contributed by atoms with Gasteiger partial charge in [-0.05, 0) is 40.3 Å². The molecule has 160 valence electrons. The summed E-state index contributed by atoms with van der Waals surface area (Å²) in [4.78, 5) is 2.30. The summed E-state index contributed by atoms with van der Waals surface area (Å²) < 4.78 is 6.41. The van der Waals surface area contributed by atoms with Crippen molar-refractivity contribution in [3.63, 3.8) is 0 Å². The van der Waals surface area contributed by atoms with Crippen LogP contribution in [-0.4, -0.2) is 33.7 Å². The van der Waals surface area contributed by atoms with Crippen LogP contribution in [0.15, 0.2) is 54.8 Å². The van der Waals surface area contributed by atoms with Crippen LogP contribution in [-0.2, 0) is 5.41 Å². The van der Waals surface area contributed by atoms with Crippen molar-refractivity contribution in [3.05, 3.63) is 77.0 Å². The molecule has 2 aromatic rings. The van der Waals surface area contributed by atoms with Gasteiger partial charge in [-0.1, -0.05) is 88.5 Å². The Morgan fingerprint density at radius 2 is 1.80 bits per heavy atom. The summed E-state index contributed by atoms with van der Waals surface area (Å²) in [5, 5.41) is 1.41. The Bertz CT molecular complexity index is 979. The Kier molecular flexibility index (Phi) is 6.06. The van der Waals surface area contributed by atoms with E-state index in [1.165, 1.54) is 33.1 Å². The molecule has 2 nitrogen and oxygen atoms in total. The van der Waals surface area contributed by atoms with Gasteiger partial charge in [0, 0.05) is 25.3 Å². The van der Waals surface area contributed by atoms with Crippen LogP contribution in [0.5, 0.6) is 5.75 Å². The van der Waals surface area contributed by atoms with Crippen molar-refractivity contribution in [2.45, 2.75) is 51.7 Å². The molecule has 0 spiro atoms. The number of benzene rings is 2. The van der Waals surface area contributed by atoms with Gasteiger partial charge in [0.2, 0.25) is 0 Å². The molecule has 0 radical (unpaired) electrons. The zero-order chi connectivity index (χ0) is 22.3. The number of hydrogen-bond acceptors (Lipinski definition) is 2. The number of nitrogens with zero attached hydrogens (tertiary/aromatic N) is 1. The molecule has 0 saturated carbocycles. The number of ether oxygens (including phenoxy) is 1. The maximum absolute atomic E-state index is 6.41. The third-order valence-electron chi connectivity index (χ3n) is 6.23. The second kappa shape index (κ2) is 8.11. The van der Waals surface area contributed by atoms with E-state index in [0.717, 1.165) is 5.75 Å². The van der Waals surface area contributed by atoms with E-state index in [4.69, 9.17) is 4.74 Å². The monoisotopic (exact) mass is 419 g/mol. The summed E-state index contributed by atoms with van der Waals surface area (Å²) in [5.74, 6) is 1.08. The van der Waals surface area contributed by atoms with Crippen LogP contribution < -0.4 is 9.92 Å². The van der Waals surface area contributed by atoms with E-state index in [0.29, 0.717) is 12.1 Å². The lowest BCUT2D eigenvalue weighted by atomic mass is 9.85. The molecule has 0 aliphatic heterocycles. The van der Waals surface area contributed by atoms with Crippen LogP contribution in [0.1, 0.15) is 48.6 Å². The van der Waals surface area contributed by atoms with Crippen LogP contribution in [0.3, 0.4) is 0 Å². The third-order valence-corrected chi connectivity index (χ3v) is 10.0. The maximum atomic E-state index is 6.41. The first-order valence-electron chi connectivity index (χ1n) is 10.9. The molecule has 0 heterocycles. The zero-order valence-electron chi connectivity index (χ0n) is 20.0. The smallest absolute Gasteiger partial charge is 0.122 e. The minimum absolute atomic E-state index is 0.00948. The first-order chi connectivity index (χ1) is 14.0. The number of likely N-dealkylation sites (N-methyl/N-ethyl adjacent to an activating group) is 1. The summed E-state index contributed by atoms with van der Waals surface area (Å²) in [6.07, 6.45) is 4.22. The Balaban J connectivity index is 2.26.